The highest BCUT2D eigenvalue weighted by Crippen LogP contribution is 2.41. The number of methoxy groups -OCH3 is 1. The topological polar surface area (TPSA) is 89.0 Å². The molecular formula is C22H25ClN4O3S. The number of esters is 1. The molecule has 0 spiro atoms. The Balaban J connectivity index is 2.14. The molecule has 9 heteroatoms. The zero-order chi connectivity index (χ0) is 22.8. The Labute approximate surface area is 190 Å². The van der Waals surface area contributed by atoms with Gasteiger partial charge in [0.05, 0.1) is 19.2 Å². The van der Waals surface area contributed by atoms with Crippen molar-refractivity contribution in [3.05, 3.63) is 44.7 Å². The van der Waals surface area contributed by atoms with Crippen molar-refractivity contribution in [2.75, 3.05) is 7.11 Å². The zero-order valence-electron chi connectivity index (χ0n) is 18.2. The van der Waals surface area contributed by atoms with Gasteiger partial charge in [-0.2, -0.15) is 15.2 Å². The van der Waals surface area contributed by atoms with Crippen LogP contribution in [0.4, 0.5) is 0 Å². The Kier molecular flexibility index (Phi) is 6.58. The van der Waals surface area contributed by atoms with E-state index in [1.165, 1.54) is 25.4 Å². The molecule has 0 aliphatic heterocycles. The first-order valence-corrected chi connectivity index (χ1v) is 11.0. The van der Waals surface area contributed by atoms with Crippen molar-refractivity contribution in [2.24, 2.45) is 9.98 Å². The van der Waals surface area contributed by atoms with Crippen molar-refractivity contribution in [3.8, 4) is 11.9 Å². The fourth-order valence-corrected chi connectivity index (χ4v) is 4.33. The molecule has 0 amide bonds. The molecule has 1 aromatic carbocycles. The lowest BCUT2D eigenvalue weighted by molar-refractivity contribution is -0.149. The molecule has 1 fully saturated rings. The van der Waals surface area contributed by atoms with E-state index in [1.54, 1.807) is 18.2 Å². The number of thiazole rings is 1. The maximum absolute atomic E-state index is 11.6. The number of amidine groups is 1. The lowest BCUT2D eigenvalue weighted by Gasteiger charge is -2.17. The number of rotatable bonds is 5. The van der Waals surface area contributed by atoms with Gasteiger partial charge in [0.2, 0.25) is 6.19 Å². The molecule has 3 rings (SSSR count). The van der Waals surface area contributed by atoms with Gasteiger partial charge >= 0.3 is 5.97 Å². The molecule has 1 aliphatic carbocycles. The lowest BCUT2D eigenvalue weighted by atomic mass is 9.95. The molecule has 0 N–H and O–H groups in total. The molecular weight excluding hydrogens is 436 g/mol. The first kappa shape index (κ1) is 23.0. The second-order valence-electron chi connectivity index (χ2n) is 8.52. The Hall–Kier alpha value is -2.63. The minimum atomic E-state index is -0.503. The molecule has 1 aliphatic rings. The molecule has 1 aromatic heterocycles. The number of carbonyl (C=O) groups excluding carboxylic acids is 1. The maximum atomic E-state index is 11.6. The van der Waals surface area contributed by atoms with Gasteiger partial charge in [0.15, 0.2) is 10.6 Å². The Bertz CT molecular complexity index is 1130. The van der Waals surface area contributed by atoms with Crippen LogP contribution in [0.3, 0.4) is 0 Å². The van der Waals surface area contributed by atoms with E-state index in [1.807, 2.05) is 17.0 Å². The molecule has 31 heavy (non-hydrogen) atoms. The molecule has 0 atom stereocenters. The predicted octanol–water partition coefficient (Wildman–Crippen LogP) is 4.43. The van der Waals surface area contributed by atoms with Crippen LogP contribution in [0.25, 0.3) is 0 Å². The molecule has 1 heterocycles. The summed E-state index contributed by atoms with van der Waals surface area (Å²) in [4.78, 5) is 22.0. The standard InChI is InChI=1S/C22H25ClN4O3S/c1-14(28)30-22(8-9-22)12-27-11-18(21(2,3)4)31-20(27)26-19(25-13-24)16-10-15(23)6-7-17(16)29-5/h6-7,10-11H,8-9,12H2,1-5H3/b25-19?,26-20-. The summed E-state index contributed by atoms with van der Waals surface area (Å²) >= 11 is 7.69. The number of aliphatic imine (C=N–C) groups is 1. The smallest absolute Gasteiger partial charge is 0.303 e. The summed E-state index contributed by atoms with van der Waals surface area (Å²) in [5.74, 6) is 0.424. The SMILES string of the molecule is COc1ccc(Cl)cc1C(=NC#N)/N=c1\sc(C(C)(C)C)cn1CC1(OC(C)=O)CC1. The van der Waals surface area contributed by atoms with Gasteiger partial charge < -0.3 is 14.0 Å². The van der Waals surface area contributed by atoms with Gasteiger partial charge in [0.25, 0.3) is 0 Å². The van der Waals surface area contributed by atoms with Crippen LogP contribution in [0, 0.1) is 11.5 Å². The first-order valence-electron chi connectivity index (χ1n) is 9.83. The largest absolute Gasteiger partial charge is 0.496 e. The molecule has 0 saturated heterocycles. The van der Waals surface area contributed by atoms with Crippen molar-refractivity contribution in [1.29, 1.82) is 5.26 Å². The summed E-state index contributed by atoms with van der Waals surface area (Å²) in [6, 6.07) is 5.08. The number of halogens is 1. The van der Waals surface area contributed by atoms with Gasteiger partial charge in [0, 0.05) is 23.0 Å². The van der Waals surface area contributed by atoms with Gasteiger partial charge in [-0.25, -0.2) is 0 Å². The van der Waals surface area contributed by atoms with Crippen LogP contribution < -0.4 is 9.54 Å². The van der Waals surface area contributed by atoms with E-state index in [0.717, 1.165) is 17.7 Å². The molecule has 0 bridgehead atoms. The molecule has 0 unspecified atom stereocenters. The number of hydrogen-bond donors (Lipinski definition) is 0. The fraction of sp³-hybridized carbons (Fsp3) is 0.455. The molecule has 2 aromatic rings. The van der Waals surface area contributed by atoms with Gasteiger partial charge in [0.1, 0.15) is 11.4 Å². The van der Waals surface area contributed by atoms with Gasteiger partial charge in [-0.05, 0) is 36.5 Å². The van der Waals surface area contributed by atoms with Crippen molar-refractivity contribution in [2.45, 2.75) is 58.1 Å². The number of carbonyl (C=O) groups is 1. The molecule has 0 radical (unpaired) electrons. The maximum Gasteiger partial charge on any atom is 0.303 e. The van der Waals surface area contributed by atoms with Crippen molar-refractivity contribution >= 4 is 34.7 Å². The van der Waals surface area contributed by atoms with Crippen LogP contribution in [0.1, 0.15) is 51.0 Å². The minimum absolute atomic E-state index is 0.0986. The average Bonchev–Trinajstić information content (AvgIpc) is 3.29. The number of nitrogens with zero attached hydrogens (tertiary/aromatic N) is 4. The van der Waals surface area contributed by atoms with Crippen molar-refractivity contribution in [1.82, 2.24) is 4.57 Å². The summed E-state index contributed by atoms with van der Waals surface area (Å²) in [5, 5.41) is 9.76. The van der Waals surface area contributed by atoms with Gasteiger partial charge in [-0.15, -0.1) is 11.3 Å². The van der Waals surface area contributed by atoms with E-state index in [4.69, 9.17) is 26.1 Å². The van der Waals surface area contributed by atoms with E-state index in [-0.39, 0.29) is 17.2 Å². The minimum Gasteiger partial charge on any atom is -0.496 e. The monoisotopic (exact) mass is 460 g/mol. The summed E-state index contributed by atoms with van der Waals surface area (Å²) in [5.41, 5.74) is -0.0782. The lowest BCUT2D eigenvalue weighted by Crippen LogP contribution is -2.29. The van der Waals surface area contributed by atoms with Crippen molar-refractivity contribution < 1.29 is 14.3 Å². The number of hydrogen-bond acceptors (Lipinski definition) is 6. The van der Waals surface area contributed by atoms with E-state index in [9.17, 15) is 10.1 Å². The Morgan fingerprint density at radius 1 is 1.39 bits per heavy atom. The van der Waals surface area contributed by atoms with Crippen LogP contribution in [-0.2, 0) is 21.5 Å². The van der Waals surface area contributed by atoms with Crippen LogP contribution in [-0.4, -0.2) is 29.1 Å². The summed E-state index contributed by atoms with van der Waals surface area (Å²) in [7, 11) is 1.54. The van der Waals surface area contributed by atoms with Gasteiger partial charge in [-0.3, -0.25) is 4.79 Å². The zero-order valence-corrected chi connectivity index (χ0v) is 19.8. The summed E-state index contributed by atoms with van der Waals surface area (Å²) in [6.07, 6.45) is 5.47. The first-order chi connectivity index (χ1) is 14.6. The highest BCUT2D eigenvalue weighted by molar-refractivity contribution is 7.09. The normalized spacial score (nSPS) is 16.0. The summed E-state index contributed by atoms with van der Waals surface area (Å²) in [6.45, 7) is 8.28. The number of benzene rings is 1. The quantitative estimate of drug-likeness (QED) is 0.285. The van der Waals surface area contributed by atoms with E-state index < -0.39 is 5.60 Å². The van der Waals surface area contributed by atoms with Crippen LogP contribution in [0.2, 0.25) is 5.02 Å². The third-order valence-corrected chi connectivity index (χ3v) is 6.53. The van der Waals surface area contributed by atoms with Gasteiger partial charge in [-0.1, -0.05) is 32.4 Å². The highest BCUT2D eigenvalue weighted by Gasteiger charge is 2.47. The predicted molar refractivity (Wildman–Crippen MR) is 120 cm³/mol. The highest BCUT2D eigenvalue weighted by atomic mass is 35.5. The number of aromatic nitrogens is 1. The number of nitriles is 1. The molecule has 164 valence electrons. The summed E-state index contributed by atoms with van der Waals surface area (Å²) < 4.78 is 13.0. The van der Waals surface area contributed by atoms with Crippen molar-refractivity contribution in [3.63, 3.8) is 0 Å². The van der Waals surface area contributed by atoms with E-state index >= 15 is 0 Å². The Morgan fingerprint density at radius 2 is 2.10 bits per heavy atom. The van der Waals surface area contributed by atoms with E-state index in [0.29, 0.717) is 27.7 Å². The van der Waals surface area contributed by atoms with Crippen LogP contribution >= 0.6 is 22.9 Å². The third-order valence-electron chi connectivity index (χ3n) is 4.85. The second kappa shape index (κ2) is 8.85. The van der Waals surface area contributed by atoms with Crippen LogP contribution in [0.5, 0.6) is 5.75 Å². The second-order valence-corrected chi connectivity index (χ2v) is 9.97. The van der Waals surface area contributed by atoms with Crippen LogP contribution in [0.15, 0.2) is 34.4 Å². The fourth-order valence-electron chi connectivity index (χ4n) is 3.11. The third kappa shape index (κ3) is 5.54. The molecule has 7 nitrogen and oxygen atoms in total. The molecule has 1 saturated carbocycles. The van der Waals surface area contributed by atoms with E-state index in [2.05, 4.69) is 25.8 Å². The average molecular weight is 461 g/mol. The Morgan fingerprint density at radius 3 is 2.65 bits per heavy atom. The number of ether oxygens (including phenoxy) is 2.